The zero-order valence-corrected chi connectivity index (χ0v) is 11.2. The van der Waals surface area contributed by atoms with Crippen molar-refractivity contribution in [1.29, 1.82) is 0 Å². The molecule has 5 nitrogen and oxygen atoms in total. The number of nitrogens with one attached hydrogen (secondary N) is 1. The standard InChI is InChI=1S/C14H20N2O3/c1-19-14-10-11(2-3-13(14)18)12(17)4-7-16-8-5-15-6-9-16/h2-3,10,15,18H,4-9H2,1H3. The molecule has 1 saturated heterocycles. The first kappa shape index (κ1) is 13.8. The highest BCUT2D eigenvalue weighted by Crippen LogP contribution is 2.26. The second kappa shape index (κ2) is 6.54. The van der Waals surface area contributed by atoms with Gasteiger partial charge in [-0.15, -0.1) is 0 Å². The Morgan fingerprint density at radius 1 is 1.42 bits per heavy atom. The number of benzene rings is 1. The minimum Gasteiger partial charge on any atom is -0.504 e. The smallest absolute Gasteiger partial charge is 0.164 e. The molecule has 19 heavy (non-hydrogen) atoms. The minimum absolute atomic E-state index is 0.0566. The molecular formula is C14H20N2O3. The van der Waals surface area contributed by atoms with E-state index in [2.05, 4.69) is 10.2 Å². The van der Waals surface area contributed by atoms with Gasteiger partial charge >= 0.3 is 0 Å². The molecule has 0 unspecified atom stereocenters. The number of piperazine rings is 1. The van der Waals surface area contributed by atoms with Crippen molar-refractivity contribution in [3.63, 3.8) is 0 Å². The lowest BCUT2D eigenvalue weighted by Gasteiger charge is -2.26. The Balaban J connectivity index is 1.92. The third-order valence-electron chi connectivity index (χ3n) is 3.37. The van der Waals surface area contributed by atoms with Crippen LogP contribution in [0.5, 0.6) is 11.5 Å². The van der Waals surface area contributed by atoms with Crippen LogP contribution in [0.25, 0.3) is 0 Å². The van der Waals surface area contributed by atoms with Crippen molar-refractivity contribution in [2.24, 2.45) is 0 Å². The second-order valence-electron chi connectivity index (χ2n) is 4.65. The summed E-state index contributed by atoms with van der Waals surface area (Å²) in [5, 5.41) is 12.8. The number of hydrogen-bond donors (Lipinski definition) is 2. The van der Waals surface area contributed by atoms with Gasteiger partial charge in [-0.1, -0.05) is 0 Å². The first-order valence-corrected chi connectivity index (χ1v) is 6.54. The molecule has 0 bridgehead atoms. The average Bonchev–Trinajstić information content (AvgIpc) is 2.46. The van der Waals surface area contributed by atoms with Crippen LogP contribution in [0.1, 0.15) is 16.8 Å². The Bertz CT molecular complexity index is 442. The van der Waals surface area contributed by atoms with Crippen LogP contribution in [0.2, 0.25) is 0 Å². The first-order valence-electron chi connectivity index (χ1n) is 6.54. The van der Waals surface area contributed by atoms with Crippen LogP contribution < -0.4 is 10.1 Å². The van der Waals surface area contributed by atoms with Gasteiger partial charge in [-0.3, -0.25) is 4.79 Å². The molecule has 0 amide bonds. The van der Waals surface area contributed by atoms with Gasteiger partial charge in [0.05, 0.1) is 7.11 Å². The summed E-state index contributed by atoms with van der Waals surface area (Å²) >= 11 is 0. The van der Waals surface area contributed by atoms with Crippen LogP contribution in [0, 0.1) is 0 Å². The van der Waals surface area contributed by atoms with E-state index in [0.717, 1.165) is 32.7 Å². The maximum Gasteiger partial charge on any atom is 0.164 e. The fraction of sp³-hybridized carbons (Fsp3) is 0.500. The third-order valence-corrected chi connectivity index (χ3v) is 3.37. The number of ether oxygens (including phenoxy) is 1. The van der Waals surface area contributed by atoms with E-state index in [-0.39, 0.29) is 11.5 Å². The summed E-state index contributed by atoms with van der Waals surface area (Å²) in [7, 11) is 1.48. The van der Waals surface area contributed by atoms with Crippen molar-refractivity contribution < 1.29 is 14.6 Å². The Morgan fingerprint density at radius 3 is 2.84 bits per heavy atom. The van der Waals surface area contributed by atoms with Crippen molar-refractivity contribution in [2.75, 3.05) is 39.8 Å². The molecule has 0 radical (unpaired) electrons. The number of carbonyl (C=O) groups is 1. The molecular weight excluding hydrogens is 244 g/mol. The van der Waals surface area contributed by atoms with E-state index in [1.807, 2.05) is 0 Å². The lowest BCUT2D eigenvalue weighted by molar-refractivity contribution is 0.0960. The van der Waals surface area contributed by atoms with Gasteiger partial charge in [0.2, 0.25) is 0 Å². The molecule has 0 aromatic heterocycles. The van der Waals surface area contributed by atoms with Crippen LogP contribution >= 0.6 is 0 Å². The predicted molar refractivity (Wildman–Crippen MR) is 72.9 cm³/mol. The molecule has 1 aromatic carbocycles. The van der Waals surface area contributed by atoms with Crippen molar-refractivity contribution in [3.8, 4) is 11.5 Å². The molecule has 0 atom stereocenters. The van der Waals surface area contributed by atoms with Crippen LogP contribution in [0.15, 0.2) is 18.2 Å². The number of ketones is 1. The molecule has 2 rings (SSSR count). The van der Waals surface area contributed by atoms with Gasteiger partial charge in [0.15, 0.2) is 17.3 Å². The van der Waals surface area contributed by atoms with Crippen LogP contribution in [-0.4, -0.2) is 55.6 Å². The van der Waals surface area contributed by atoms with E-state index in [9.17, 15) is 9.90 Å². The second-order valence-corrected chi connectivity index (χ2v) is 4.65. The molecule has 0 aliphatic carbocycles. The Hall–Kier alpha value is -1.59. The molecule has 104 valence electrons. The number of rotatable bonds is 5. The number of aromatic hydroxyl groups is 1. The summed E-state index contributed by atoms with van der Waals surface area (Å²) in [5.74, 6) is 0.478. The summed E-state index contributed by atoms with van der Waals surface area (Å²) in [5.41, 5.74) is 0.588. The monoisotopic (exact) mass is 264 g/mol. The Morgan fingerprint density at radius 2 is 2.16 bits per heavy atom. The fourth-order valence-corrected chi connectivity index (χ4v) is 2.19. The summed E-state index contributed by atoms with van der Waals surface area (Å²) in [4.78, 5) is 14.4. The number of Topliss-reactive ketones (excluding diaryl/α,β-unsaturated/α-hetero) is 1. The van der Waals surface area contributed by atoms with Crippen LogP contribution in [0.3, 0.4) is 0 Å². The number of phenolic OH excluding ortho intramolecular Hbond substituents is 1. The van der Waals surface area contributed by atoms with Crippen molar-refractivity contribution in [2.45, 2.75) is 6.42 Å². The summed E-state index contributed by atoms with van der Waals surface area (Å²) in [6, 6.07) is 4.73. The summed E-state index contributed by atoms with van der Waals surface area (Å²) in [6.07, 6.45) is 0.494. The molecule has 1 aromatic rings. The number of carbonyl (C=O) groups excluding carboxylic acids is 1. The maximum atomic E-state index is 12.1. The van der Waals surface area contributed by atoms with Gasteiger partial charge in [-0.25, -0.2) is 0 Å². The fourth-order valence-electron chi connectivity index (χ4n) is 2.19. The molecule has 1 aliphatic rings. The highest BCUT2D eigenvalue weighted by molar-refractivity contribution is 5.96. The zero-order chi connectivity index (χ0) is 13.7. The topological polar surface area (TPSA) is 61.8 Å². The molecule has 5 heteroatoms. The largest absolute Gasteiger partial charge is 0.504 e. The van der Waals surface area contributed by atoms with Crippen molar-refractivity contribution in [1.82, 2.24) is 10.2 Å². The van der Waals surface area contributed by atoms with Crippen LogP contribution in [-0.2, 0) is 0 Å². The van der Waals surface area contributed by atoms with Gasteiger partial charge in [-0.05, 0) is 18.2 Å². The lowest BCUT2D eigenvalue weighted by Crippen LogP contribution is -2.44. The van der Waals surface area contributed by atoms with Gasteiger partial charge in [0, 0.05) is 44.7 Å². The molecule has 0 saturated carbocycles. The highest BCUT2D eigenvalue weighted by atomic mass is 16.5. The van der Waals surface area contributed by atoms with E-state index < -0.39 is 0 Å². The maximum absolute atomic E-state index is 12.1. The first-order chi connectivity index (χ1) is 9.20. The normalized spacial score (nSPS) is 16.3. The van der Waals surface area contributed by atoms with Crippen molar-refractivity contribution >= 4 is 5.78 Å². The lowest BCUT2D eigenvalue weighted by atomic mass is 10.1. The SMILES string of the molecule is COc1cc(C(=O)CCN2CCNCC2)ccc1O. The number of phenols is 1. The number of hydrogen-bond acceptors (Lipinski definition) is 5. The van der Waals surface area contributed by atoms with Gasteiger partial charge in [0.1, 0.15) is 0 Å². The molecule has 1 aliphatic heterocycles. The van der Waals surface area contributed by atoms with Crippen LogP contribution in [0.4, 0.5) is 0 Å². The molecule has 1 fully saturated rings. The molecule has 1 heterocycles. The minimum atomic E-state index is 0.0566. The zero-order valence-electron chi connectivity index (χ0n) is 11.2. The van der Waals surface area contributed by atoms with E-state index in [1.54, 1.807) is 12.1 Å². The van der Waals surface area contributed by atoms with E-state index in [4.69, 9.17) is 4.74 Å². The average molecular weight is 264 g/mol. The third kappa shape index (κ3) is 3.68. The quantitative estimate of drug-likeness (QED) is 0.773. The van der Waals surface area contributed by atoms with Gasteiger partial charge in [0.25, 0.3) is 0 Å². The van der Waals surface area contributed by atoms with E-state index in [1.165, 1.54) is 13.2 Å². The Kier molecular flexibility index (Phi) is 4.76. The number of nitrogens with zero attached hydrogens (tertiary/aromatic N) is 1. The van der Waals surface area contributed by atoms with Gasteiger partial charge in [-0.2, -0.15) is 0 Å². The van der Waals surface area contributed by atoms with Crippen molar-refractivity contribution in [3.05, 3.63) is 23.8 Å². The summed E-state index contributed by atoms with van der Waals surface area (Å²) < 4.78 is 5.01. The van der Waals surface area contributed by atoms with Gasteiger partial charge < -0.3 is 20.1 Å². The molecule has 0 spiro atoms. The summed E-state index contributed by atoms with van der Waals surface area (Å²) in [6.45, 7) is 4.74. The Labute approximate surface area is 113 Å². The van der Waals surface area contributed by atoms with E-state index >= 15 is 0 Å². The number of methoxy groups -OCH3 is 1. The van der Waals surface area contributed by atoms with E-state index in [0.29, 0.717) is 17.7 Å². The highest BCUT2D eigenvalue weighted by Gasteiger charge is 2.13. The molecule has 2 N–H and O–H groups in total. The predicted octanol–water partition coefficient (Wildman–Crippen LogP) is 0.879.